The van der Waals surface area contributed by atoms with Crippen molar-refractivity contribution < 1.29 is 0 Å². The van der Waals surface area contributed by atoms with E-state index in [0.717, 1.165) is 6.54 Å². The van der Waals surface area contributed by atoms with Gasteiger partial charge in [-0.2, -0.15) is 0 Å². The van der Waals surface area contributed by atoms with E-state index in [1.54, 1.807) is 0 Å². The molecular formula is C11H19N. The van der Waals surface area contributed by atoms with Crippen molar-refractivity contribution in [1.82, 2.24) is 5.32 Å². The summed E-state index contributed by atoms with van der Waals surface area (Å²) in [5, 5.41) is 3.13. The summed E-state index contributed by atoms with van der Waals surface area (Å²) in [6, 6.07) is 0. The van der Waals surface area contributed by atoms with E-state index in [2.05, 4.69) is 44.3 Å². The number of hydrogen-bond donors (Lipinski definition) is 1. The molecule has 0 saturated heterocycles. The fraction of sp³-hybridized carbons (Fsp3) is 0.455. The first-order valence-corrected chi connectivity index (χ1v) is 4.41. The van der Waals surface area contributed by atoms with Crippen LogP contribution in [0.4, 0.5) is 0 Å². The zero-order valence-corrected chi connectivity index (χ0v) is 8.52. The first kappa shape index (κ1) is 11.0. The van der Waals surface area contributed by atoms with Gasteiger partial charge in [-0.25, -0.2) is 0 Å². The quantitative estimate of drug-likeness (QED) is 0.631. The Morgan fingerprint density at radius 3 is 2.42 bits per heavy atom. The van der Waals surface area contributed by atoms with Crippen LogP contribution in [0.1, 0.15) is 27.7 Å². The first-order chi connectivity index (χ1) is 5.70. The highest BCUT2D eigenvalue weighted by atomic mass is 14.8. The predicted molar refractivity (Wildman–Crippen MR) is 56.0 cm³/mol. The van der Waals surface area contributed by atoms with Crippen LogP contribution in [0.15, 0.2) is 35.6 Å². The monoisotopic (exact) mass is 165 g/mol. The van der Waals surface area contributed by atoms with Crippen LogP contribution < -0.4 is 5.32 Å². The predicted octanol–water partition coefficient (Wildman–Crippen LogP) is 3.02. The largest absolute Gasteiger partial charge is 0.391 e. The molecule has 0 bridgehead atoms. The standard InChI is InChI=1S/C11H19N/c1-5-10(3)9-11(4)7-8-12-6-2/h5,7-9,12H,6H2,1-4H3/b8-7+,10-5-,11-9-. The van der Waals surface area contributed by atoms with Gasteiger partial charge in [-0.15, -0.1) is 0 Å². The Morgan fingerprint density at radius 2 is 1.92 bits per heavy atom. The molecule has 1 nitrogen and oxygen atoms in total. The first-order valence-electron chi connectivity index (χ1n) is 4.41. The summed E-state index contributed by atoms with van der Waals surface area (Å²) in [6.45, 7) is 9.31. The highest BCUT2D eigenvalue weighted by Gasteiger charge is 1.82. The Morgan fingerprint density at radius 1 is 1.25 bits per heavy atom. The minimum atomic E-state index is 0.979. The number of rotatable bonds is 4. The topological polar surface area (TPSA) is 12.0 Å². The number of allylic oxidation sites excluding steroid dienone is 5. The molecule has 0 aromatic heterocycles. The summed E-state index contributed by atoms with van der Waals surface area (Å²) in [6.07, 6.45) is 8.32. The summed E-state index contributed by atoms with van der Waals surface area (Å²) >= 11 is 0. The average molecular weight is 165 g/mol. The lowest BCUT2D eigenvalue weighted by Crippen LogP contribution is -2.01. The van der Waals surface area contributed by atoms with E-state index in [9.17, 15) is 0 Å². The number of nitrogens with one attached hydrogen (secondary N) is 1. The highest BCUT2D eigenvalue weighted by molar-refractivity contribution is 5.26. The van der Waals surface area contributed by atoms with Gasteiger partial charge in [0.25, 0.3) is 0 Å². The van der Waals surface area contributed by atoms with E-state index < -0.39 is 0 Å². The third kappa shape index (κ3) is 5.78. The van der Waals surface area contributed by atoms with Gasteiger partial charge in [0.05, 0.1) is 0 Å². The summed E-state index contributed by atoms with van der Waals surface area (Å²) in [5.41, 5.74) is 2.57. The van der Waals surface area contributed by atoms with E-state index in [1.165, 1.54) is 11.1 Å². The molecule has 0 spiro atoms. The summed E-state index contributed by atoms with van der Waals surface area (Å²) < 4.78 is 0. The molecule has 68 valence electrons. The fourth-order valence-electron chi connectivity index (χ4n) is 0.799. The lowest BCUT2D eigenvalue weighted by atomic mass is 10.2. The molecule has 0 saturated carbocycles. The van der Waals surface area contributed by atoms with Crippen LogP contribution in [0.5, 0.6) is 0 Å². The Bertz CT molecular complexity index is 197. The van der Waals surface area contributed by atoms with Crippen molar-refractivity contribution in [2.24, 2.45) is 0 Å². The van der Waals surface area contributed by atoms with Crippen molar-refractivity contribution >= 4 is 0 Å². The third-order valence-corrected chi connectivity index (χ3v) is 1.58. The van der Waals surface area contributed by atoms with Gasteiger partial charge in [-0.05, 0) is 45.5 Å². The van der Waals surface area contributed by atoms with E-state index in [4.69, 9.17) is 0 Å². The molecule has 0 rings (SSSR count). The molecule has 0 aromatic carbocycles. The van der Waals surface area contributed by atoms with Crippen LogP contribution in [0.25, 0.3) is 0 Å². The van der Waals surface area contributed by atoms with Gasteiger partial charge in [0.15, 0.2) is 0 Å². The van der Waals surface area contributed by atoms with Gasteiger partial charge in [-0.1, -0.05) is 17.7 Å². The van der Waals surface area contributed by atoms with Gasteiger partial charge in [0.2, 0.25) is 0 Å². The van der Waals surface area contributed by atoms with Crippen molar-refractivity contribution in [3.05, 3.63) is 35.6 Å². The molecule has 0 fully saturated rings. The maximum absolute atomic E-state index is 3.13. The lowest BCUT2D eigenvalue weighted by molar-refractivity contribution is 0.918. The van der Waals surface area contributed by atoms with Crippen LogP contribution in [0, 0.1) is 0 Å². The molecule has 0 atom stereocenters. The minimum Gasteiger partial charge on any atom is -0.391 e. The van der Waals surface area contributed by atoms with Gasteiger partial charge in [-0.3, -0.25) is 0 Å². The minimum absolute atomic E-state index is 0.979. The molecule has 0 aromatic rings. The summed E-state index contributed by atoms with van der Waals surface area (Å²) in [7, 11) is 0. The fourth-order valence-corrected chi connectivity index (χ4v) is 0.799. The van der Waals surface area contributed by atoms with Gasteiger partial charge in [0, 0.05) is 6.54 Å². The van der Waals surface area contributed by atoms with Crippen LogP contribution in [0.3, 0.4) is 0 Å². The second-order valence-electron chi connectivity index (χ2n) is 2.81. The SMILES string of the molecule is C\C=C(C)/C=C(C)\C=C\NCC. The maximum Gasteiger partial charge on any atom is 0.0113 e. The molecule has 0 aliphatic heterocycles. The normalized spacial score (nSPS) is 14.0. The summed E-state index contributed by atoms with van der Waals surface area (Å²) in [4.78, 5) is 0. The molecule has 12 heavy (non-hydrogen) atoms. The molecule has 0 amide bonds. The van der Waals surface area contributed by atoms with Crippen molar-refractivity contribution in [3.63, 3.8) is 0 Å². The molecule has 0 aliphatic rings. The van der Waals surface area contributed by atoms with Crippen molar-refractivity contribution in [2.75, 3.05) is 6.54 Å². The third-order valence-electron chi connectivity index (χ3n) is 1.58. The highest BCUT2D eigenvalue weighted by Crippen LogP contribution is 2.01. The molecule has 0 radical (unpaired) electrons. The molecule has 0 unspecified atom stereocenters. The smallest absolute Gasteiger partial charge is 0.0113 e. The average Bonchev–Trinajstić information content (AvgIpc) is 2.05. The Balaban J connectivity index is 4.02. The number of hydrogen-bond acceptors (Lipinski definition) is 1. The molecule has 1 N–H and O–H groups in total. The lowest BCUT2D eigenvalue weighted by Gasteiger charge is -1.94. The molecule has 0 heterocycles. The molecule has 1 heteroatoms. The Hall–Kier alpha value is -0.980. The Labute approximate surface area is 75.9 Å². The second-order valence-corrected chi connectivity index (χ2v) is 2.81. The molecular weight excluding hydrogens is 146 g/mol. The maximum atomic E-state index is 3.13. The molecule has 0 aliphatic carbocycles. The van der Waals surface area contributed by atoms with Crippen molar-refractivity contribution in [3.8, 4) is 0 Å². The second kappa shape index (κ2) is 6.71. The zero-order chi connectivity index (χ0) is 9.40. The van der Waals surface area contributed by atoms with E-state index >= 15 is 0 Å². The van der Waals surface area contributed by atoms with E-state index in [-0.39, 0.29) is 0 Å². The van der Waals surface area contributed by atoms with Gasteiger partial charge >= 0.3 is 0 Å². The van der Waals surface area contributed by atoms with Crippen LogP contribution in [-0.2, 0) is 0 Å². The van der Waals surface area contributed by atoms with Gasteiger partial charge in [0.1, 0.15) is 0 Å². The van der Waals surface area contributed by atoms with E-state index in [0.29, 0.717) is 0 Å². The van der Waals surface area contributed by atoms with Crippen molar-refractivity contribution in [2.45, 2.75) is 27.7 Å². The summed E-state index contributed by atoms with van der Waals surface area (Å²) in [5.74, 6) is 0. The van der Waals surface area contributed by atoms with Crippen LogP contribution >= 0.6 is 0 Å². The van der Waals surface area contributed by atoms with Crippen molar-refractivity contribution in [1.29, 1.82) is 0 Å². The zero-order valence-electron chi connectivity index (χ0n) is 8.52. The Kier molecular flexibility index (Phi) is 6.16. The van der Waals surface area contributed by atoms with Crippen LogP contribution in [0.2, 0.25) is 0 Å². The van der Waals surface area contributed by atoms with Gasteiger partial charge < -0.3 is 5.32 Å². The van der Waals surface area contributed by atoms with Crippen LogP contribution in [-0.4, -0.2) is 6.54 Å². The van der Waals surface area contributed by atoms with E-state index in [1.807, 2.05) is 13.1 Å².